The molecule has 2 aromatic rings. The fraction of sp³-hybridized carbons (Fsp3) is 0.583. The molecule has 1 saturated carbocycles. The topological polar surface area (TPSA) is 43.1 Å². The van der Waals surface area contributed by atoms with Crippen LogP contribution in [0.3, 0.4) is 0 Å². The van der Waals surface area contributed by atoms with Crippen molar-refractivity contribution in [3.8, 4) is 0 Å². The van der Waals surface area contributed by atoms with Gasteiger partial charge in [-0.2, -0.15) is 0 Å². The molecular weight excluding hydrogens is 236 g/mol. The van der Waals surface area contributed by atoms with Gasteiger partial charge >= 0.3 is 0 Å². The van der Waals surface area contributed by atoms with Gasteiger partial charge < -0.3 is 0 Å². The van der Waals surface area contributed by atoms with E-state index in [1.54, 1.807) is 12.4 Å². The zero-order valence-electron chi connectivity index (χ0n) is 9.86. The van der Waals surface area contributed by atoms with Crippen molar-refractivity contribution in [3.63, 3.8) is 0 Å². The highest BCUT2D eigenvalue weighted by atomic mass is 35.5. The van der Waals surface area contributed by atoms with E-state index in [-0.39, 0.29) is 5.41 Å². The summed E-state index contributed by atoms with van der Waals surface area (Å²) in [6.45, 7) is 2.23. The minimum absolute atomic E-state index is 0.189. The van der Waals surface area contributed by atoms with E-state index in [0.717, 1.165) is 17.9 Å². The van der Waals surface area contributed by atoms with Crippen LogP contribution < -0.4 is 0 Å². The lowest BCUT2D eigenvalue weighted by atomic mass is 9.82. The Balaban J connectivity index is 2.17. The monoisotopic (exact) mass is 250 g/mol. The highest BCUT2D eigenvalue weighted by Crippen LogP contribution is 2.42. The first kappa shape index (κ1) is 11.0. The van der Waals surface area contributed by atoms with E-state index in [1.807, 2.05) is 4.40 Å². The molecule has 3 rings (SSSR count). The van der Waals surface area contributed by atoms with Gasteiger partial charge in [-0.15, -0.1) is 10.2 Å². The van der Waals surface area contributed by atoms with Gasteiger partial charge in [0.2, 0.25) is 0 Å². The number of aromatic nitrogens is 4. The molecule has 2 aromatic heterocycles. The van der Waals surface area contributed by atoms with E-state index in [9.17, 15) is 0 Å². The number of fused-ring (bicyclic) bond motifs is 1. The first-order chi connectivity index (χ1) is 8.25. The van der Waals surface area contributed by atoms with Crippen molar-refractivity contribution in [2.45, 2.75) is 44.4 Å². The molecule has 4 nitrogen and oxygen atoms in total. The zero-order chi connectivity index (χ0) is 11.9. The predicted molar refractivity (Wildman–Crippen MR) is 66.2 cm³/mol. The summed E-state index contributed by atoms with van der Waals surface area (Å²) in [6.07, 6.45) is 7.81. The second kappa shape index (κ2) is 3.95. The smallest absolute Gasteiger partial charge is 0.165 e. The highest BCUT2D eigenvalue weighted by Gasteiger charge is 2.38. The highest BCUT2D eigenvalue weighted by molar-refractivity contribution is 6.29. The minimum Gasteiger partial charge on any atom is -0.269 e. The lowest BCUT2D eigenvalue weighted by Gasteiger charge is -2.24. The molecule has 0 amide bonds. The standard InChI is InChI=1S/C12H15ClN4/c1-2-12(5-3-4-6-12)11-16-15-10-7-9(13)14-8-17(10)11/h7-8H,2-6H2,1H3. The van der Waals surface area contributed by atoms with Crippen LogP contribution in [0.1, 0.15) is 44.9 Å². The van der Waals surface area contributed by atoms with Crippen molar-refractivity contribution in [1.29, 1.82) is 0 Å². The predicted octanol–water partition coefficient (Wildman–Crippen LogP) is 3.00. The van der Waals surface area contributed by atoms with Crippen molar-refractivity contribution in [2.75, 3.05) is 0 Å². The number of nitrogens with zero attached hydrogens (tertiary/aromatic N) is 4. The third kappa shape index (κ3) is 1.62. The molecule has 0 unspecified atom stereocenters. The minimum atomic E-state index is 0.189. The number of hydrogen-bond donors (Lipinski definition) is 0. The third-order valence-electron chi connectivity index (χ3n) is 3.98. The average Bonchev–Trinajstić information content (AvgIpc) is 2.94. The van der Waals surface area contributed by atoms with Crippen LogP contribution in [0.15, 0.2) is 12.4 Å². The van der Waals surface area contributed by atoms with Crippen molar-refractivity contribution in [3.05, 3.63) is 23.4 Å². The van der Waals surface area contributed by atoms with Crippen molar-refractivity contribution in [1.82, 2.24) is 19.6 Å². The van der Waals surface area contributed by atoms with Crippen LogP contribution in [-0.4, -0.2) is 19.6 Å². The summed E-state index contributed by atoms with van der Waals surface area (Å²) in [5.74, 6) is 1.05. The fourth-order valence-electron chi connectivity index (χ4n) is 2.92. The van der Waals surface area contributed by atoms with Gasteiger partial charge in [0, 0.05) is 11.5 Å². The van der Waals surface area contributed by atoms with Gasteiger partial charge in [-0.1, -0.05) is 31.4 Å². The summed E-state index contributed by atoms with van der Waals surface area (Å²) in [7, 11) is 0. The van der Waals surface area contributed by atoms with Crippen LogP contribution in [0.5, 0.6) is 0 Å². The van der Waals surface area contributed by atoms with Gasteiger partial charge in [0.1, 0.15) is 17.3 Å². The summed E-state index contributed by atoms with van der Waals surface area (Å²) < 4.78 is 1.99. The van der Waals surface area contributed by atoms with Gasteiger partial charge in [0.15, 0.2) is 5.65 Å². The van der Waals surface area contributed by atoms with Crippen molar-refractivity contribution < 1.29 is 0 Å². The van der Waals surface area contributed by atoms with E-state index in [0.29, 0.717) is 5.15 Å². The molecule has 1 aliphatic rings. The molecule has 0 spiro atoms. The molecule has 5 heteroatoms. The lowest BCUT2D eigenvalue weighted by Crippen LogP contribution is -2.24. The zero-order valence-corrected chi connectivity index (χ0v) is 10.6. The van der Waals surface area contributed by atoms with E-state index in [1.165, 1.54) is 25.7 Å². The molecule has 0 aromatic carbocycles. The summed E-state index contributed by atoms with van der Waals surface area (Å²) in [4.78, 5) is 4.13. The van der Waals surface area contributed by atoms with Crippen molar-refractivity contribution in [2.24, 2.45) is 0 Å². The Morgan fingerprint density at radius 3 is 2.82 bits per heavy atom. The summed E-state index contributed by atoms with van der Waals surface area (Å²) in [5.41, 5.74) is 0.981. The van der Waals surface area contributed by atoms with Crippen LogP contribution in [0.25, 0.3) is 5.65 Å². The van der Waals surface area contributed by atoms with E-state index < -0.39 is 0 Å². The maximum Gasteiger partial charge on any atom is 0.165 e. The molecule has 1 aliphatic carbocycles. The number of rotatable bonds is 2. The molecule has 0 bridgehead atoms. The molecule has 2 heterocycles. The number of halogens is 1. The Morgan fingerprint density at radius 1 is 1.35 bits per heavy atom. The second-order valence-electron chi connectivity index (χ2n) is 4.80. The summed E-state index contributed by atoms with van der Waals surface area (Å²) in [5, 5.41) is 9.05. The Morgan fingerprint density at radius 2 is 2.12 bits per heavy atom. The Labute approximate surface area is 105 Å². The average molecular weight is 251 g/mol. The van der Waals surface area contributed by atoms with Gasteiger partial charge in [-0.25, -0.2) is 4.98 Å². The van der Waals surface area contributed by atoms with Crippen LogP contribution in [0, 0.1) is 0 Å². The second-order valence-corrected chi connectivity index (χ2v) is 5.19. The third-order valence-corrected chi connectivity index (χ3v) is 4.19. The quantitative estimate of drug-likeness (QED) is 0.770. The van der Waals surface area contributed by atoms with E-state index in [4.69, 9.17) is 11.6 Å². The Bertz CT molecular complexity index is 542. The SMILES string of the molecule is CCC1(c2nnc3cc(Cl)ncn23)CCCC1. The first-order valence-corrected chi connectivity index (χ1v) is 6.50. The maximum atomic E-state index is 5.86. The summed E-state index contributed by atoms with van der Waals surface area (Å²) >= 11 is 5.86. The molecule has 0 atom stereocenters. The molecule has 17 heavy (non-hydrogen) atoms. The normalized spacial score (nSPS) is 18.9. The van der Waals surface area contributed by atoms with Gasteiger partial charge in [-0.3, -0.25) is 4.40 Å². The van der Waals surface area contributed by atoms with E-state index in [2.05, 4.69) is 22.1 Å². The summed E-state index contributed by atoms with van der Waals surface area (Å²) in [6, 6.07) is 1.76. The molecule has 90 valence electrons. The molecular formula is C12H15ClN4. The maximum absolute atomic E-state index is 5.86. The van der Waals surface area contributed by atoms with Crippen LogP contribution >= 0.6 is 11.6 Å². The van der Waals surface area contributed by atoms with E-state index >= 15 is 0 Å². The molecule has 0 saturated heterocycles. The Kier molecular flexibility index (Phi) is 2.54. The molecule has 1 fully saturated rings. The van der Waals surface area contributed by atoms with Gasteiger partial charge in [-0.05, 0) is 19.3 Å². The van der Waals surface area contributed by atoms with Crippen LogP contribution in [0.2, 0.25) is 5.15 Å². The fourth-order valence-corrected chi connectivity index (χ4v) is 3.06. The Hall–Kier alpha value is -1.16. The number of hydrogen-bond acceptors (Lipinski definition) is 3. The molecule has 0 radical (unpaired) electrons. The first-order valence-electron chi connectivity index (χ1n) is 6.12. The molecule has 0 N–H and O–H groups in total. The van der Waals surface area contributed by atoms with Crippen LogP contribution in [0.4, 0.5) is 0 Å². The van der Waals surface area contributed by atoms with Gasteiger partial charge in [0.25, 0.3) is 0 Å². The molecule has 0 aliphatic heterocycles. The van der Waals surface area contributed by atoms with Crippen molar-refractivity contribution >= 4 is 17.2 Å². The lowest BCUT2D eigenvalue weighted by molar-refractivity contribution is 0.394. The largest absolute Gasteiger partial charge is 0.269 e. The van der Waals surface area contributed by atoms with Gasteiger partial charge in [0.05, 0.1) is 0 Å². The van der Waals surface area contributed by atoms with Crippen LogP contribution in [-0.2, 0) is 5.41 Å².